The van der Waals surface area contributed by atoms with Crippen molar-refractivity contribution in [3.05, 3.63) is 24.0 Å². The van der Waals surface area contributed by atoms with E-state index in [-0.39, 0.29) is 18.8 Å². The zero-order valence-corrected chi connectivity index (χ0v) is 14.0. The van der Waals surface area contributed by atoms with E-state index in [4.69, 9.17) is 20.3 Å². The molecular weight excluding hydrogens is 333 g/mol. The predicted molar refractivity (Wildman–Crippen MR) is 90.4 cm³/mol. The number of anilines is 2. The van der Waals surface area contributed by atoms with Crippen LogP contribution in [0.25, 0.3) is 0 Å². The zero-order chi connectivity index (χ0) is 18.4. The Morgan fingerprint density at radius 2 is 2.12 bits per heavy atom. The van der Waals surface area contributed by atoms with Crippen LogP contribution in [0.5, 0.6) is 0 Å². The highest BCUT2D eigenvalue weighted by molar-refractivity contribution is 5.86. The lowest BCUT2D eigenvalue weighted by Crippen LogP contribution is -2.42. The van der Waals surface area contributed by atoms with Crippen LogP contribution in [0.2, 0.25) is 0 Å². The van der Waals surface area contributed by atoms with Crippen molar-refractivity contribution in [2.75, 3.05) is 49.2 Å². The van der Waals surface area contributed by atoms with E-state index in [0.29, 0.717) is 32.0 Å². The highest BCUT2D eigenvalue weighted by Crippen LogP contribution is 2.26. The molecule has 0 unspecified atom stereocenters. The van der Waals surface area contributed by atoms with E-state index in [9.17, 15) is 14.0 Å². The number of carbonyl (C=O) groups excluding carboxylic acids is 2. The molecule has 8 nitrogen and oxygen atoms in total. The summed E-state index contributed by atoms with van der Waals surface area (Å²) in [7, 11) is 0. The first-order valence-corrected chi connectivity index (χ1v) is 7.95. The molecule has 1 heterocycles. The number of halogens is 1. The molecule has 1 amide bonds. The van der Waals surface area contributed by atoms with Gasteiger partial charge < -0.3 is 25.2 Å². The number of benzene rings is 1. The van der Waals surface area contributed by atoms with Crippen LogP contribution >= 0.6 is 0 Å². The first-order valence-electron chi connectivity index (χ1n) is 7.95. The van der Waals surface area contributed by atoms with Crippen LogP contribution in [-0.4, -0.2) is 62.7 Å². The smallest absolute Gasteiger partial charge is 0.547 e. The minimum Gasteiger partial charge on any atom is -0.547 e. The second-order valence-corrected chi connectivity index (χ2v) is 5.62. The topological polar surface area (TPSA) is 108 Å². The first-order chi connectivity index (χ1) is 11.9. The summed E-state index contributed by atoms with van der Waals surface area (Å²) in [5.74, 6) is -1.04. The number of nitrogens with zero attached hydrogens (tertiary/aromatic N) is 2. The molecule has 0 spiro atoms. The summed E-state index contributed by atoms with van der Waals surface area (Å²) in [4.78, 5) is 25.6. The molecule has 1 atom stereocenters. The molecule has 2 rings (SSSR count). The SMILES string of the molecule is CC(=O)O[C@H](CN)CN(C(=O)[OH2+])c1ccc(N2CCOCC2)c(F)c1. The van der Waals surface area contributed by atoms with Crippen LogP contribution in [0.1, 0.15) is 6.92 Å². The van der Waals surface area contributed by atoms with Crippen molar-refractivity contribution in [2.45, 2.75) is 13.0 Å². The molecule has 4 N–H and O–H groups in total. The van der Waals surface area contributed by atoms with Crippen molar-refractivity contribution in [3.8, 4) is 0 Å². The van der Waals surface area contributed by atoms with Crippen molar-refractivity contribution in [1.29, 1.82) is 0 Å². The monoisotopic (exact) mass is 356 g/mol. The highest BCUT2D eigenvalue weighted by atomic mass is 19.1. The van der Waals surface area contributed by atoms with Gasteiger partial charge in [0, 0.05) is 32.6 Å². The lowest BCUT2D eigenvalue weighted by Gasteiger charge is -2.29. The molecule has 1 aromatic rings. The second-order valence-electron chi connectivity index (χ2n) is 5.62. The standard InChI is InChI=1S/C16H22FN3O5/c1-11(21)25-13(9-18)10-20(16(22)23)12-2-3-15(14(17)8-12)19-4-6-24-7-5-19/h2-3,8,13H,4-7,9-10,18H2,1H3,(H,22,23)/p+1/t13-/m1/s1. The van der Waals surface area contributed by atoms with Gasteiger partial charge in [-0.2, -0.15) is 0 Å². The molecule has 0 radical (unpaired) electrons. The van der Waals surface area contributed by atoms with E-state index in [2.05, 4.69) is 0 Å². The highest BCUT2D eigenvalue weighted by Gasteiger charge is 2.27. The van der Waals surface area contributed by atoms with Gasteiger partial charge in [0.25, 0.3) is 0 Å². The number of hydrogen-bond donors (Lipinski definition) is 1. The lowest BCUT2D eigenvalue weighted by molar-refractivity contribution is -0.145. The molecule has 1 aliphatic heterocycles. The van der Waals surface area contributed by atoms with E-state index >= 15 is 0 Å². The number of rotatable bonds is 6. The molecule has 1 fully saturated rings. The average molecular weight is 356 g/mol. The van der Waals surface area contributed by atoms with E-state index < -0.39 is 24.0 Å². The summed E-state index contributed by atoms with van der Waals surface area (Å²) in [6.45, 7) is 3.31. The second kappa shape index (κ2) is 8.63. The molecule has 25 heavy (non-hydrogen) atoms. The molecule has 0 aliphatic carbocycles. The molecule has 0 aromatic heterocycles. The summed E-state index contributed by atoms with van der Waals surface area (Å²) in [6.07, 6.45) is -1.81. The Bertz CT molecular complexity index is 622. The number of nitrogens with two attached hydrogens (primary N) is 1. The van der Waals surface area contributed by atoms with E-state index in [1.54, 1.807) is 12.1 Å². The summed E-state index contributed by atoms with van der Waals surface area (Å²) in [6, 6.07) is 4.31. The first kappa shape index (κ1) is 18.9. The van der Waals surface area contributed by atoms with Gasteiger partial charge >= 0.3 is 12.1 Å². The minimum atomic E-state index is -1.04. The summed E-state index contributed by atoms with van der Waals surface area (Å²) in [5.41, 5.74) is 6.16. The van der Waals surface area contributed by atoms with Gasteiger partial charge in [0.15, 0.2) is 0 Å². The van der Waals surface area contributed by atoms with Gasteiger partial charge in [-0.1, -0.05) is 0 Å². The Morgan fingerprint density at radius 3 is 2.64 bits per heavy atom. The van der Waals surface area contributed by atoms with Crippen molar-refractivity contribution in [1.82, 2.24) is 0 Å². The average Bonchev–Trinajstić information content (AvgIpc) is 2.58. The Labute approximate surface area is 144 Å². The number of esters is 1. The fraction of sp³-hybridized carbons (Fsp3) is 0.500. The summed E-state index contributed by atoms with van der Waals surface area (Å²) in [5, 5.41) is 7.40. The fourth-order valence-corrected chi connectivity index (χ4v) is 2.63. The molecule has 1 aromatic carbocycles. The van der Waals surface area contributed by atoms with Crippen molar-refractivity contribution in [2.24, 2.45) is 5.73 Å². The molecule has 1 saturated heterocycles. The van der Waals surface area contributed by atoms with Crippen molar-refractivity contribution >= 4 is 23.4 Å². The van der Waals surface area contributed by atoms with E-state index in [1.165, 1.54) is 13.0 Å². The maximum absolute atomic E-state index is 14.5. The van der Waals surface area contributed by atoms with Gasteiger partial charge in [-0.15, -0.1) is 0 Å². The van der Waals surface area contributed by atoms with Gasteiger partial charge in [0.2, 0.25) is 0 Å². The van der Waals surface area contributed by atoms with Gasteiger partial charge in [0.05, 0.1) is 35.9 Å². The number of ether oxygens (including phenoxy) is 2. The van der Waals surface area contributed by atoms with Crippen LogP contribution in [0.4, 0.5) is 20.6 Å². The van der Waals surface area contributed by atoms with Crippen LogP contribution in [0, 0.1) is 5.82 Å². The lowest BCUT2D eigenvalue weighted by atomic mass is 10.2. The third kappa shape index (κ3) is 5.04. The number of amides is 1. The maximum Gasteiger partial charge on any atom is 0.633 e. The third-order valence-corrected chi connectivity index (χ3v) is 3.82. The third-order valence-electron chi connectivity index (χ3n) is 3.82. The molecule has 0 bridgehead atoms. The van der Waals surface area contributed by atoms with Crippen molar-refractivity contribution in [3.63, 3.8) is 0 Å². The fourth-order valence-electron chi connectivity index (χ4n) is 2.63. The predicted octanol–water partition coefficient (Wildman–Crippen LogP) is 0.204. The number of morpholine rings is 1. The molecular formula is C16H23FN3O5+. The largest absolute Gasteiger partial charge is 0.633 e. The Hall–Kier alpha value is -2.39. The van der Waals surface area contributed by atoms with Crippen LogP contribution < -0.4 is 15.5 Å². The molecule has 1 aliphatic rings. The van der Waals surface area contributed by atoms with Gasteiger partial charge in [-0.3, -0.25) is 4.79 Å². The maximum atomic E-state index is 14.5. The quantitative estimate of drug-likeness (QED) is 0.576. The van der Waals surface area contributed by atoms with Gasteiger partial charge in [-0.25, -0.2) is 9.29 Å². The zero-order valence-electron chi connectivity index (χ0n) is 14.0. The molecule has 9 heteroatoms. The van der Waals surface area contributed by atoms with Crippen molar-refractivity contribution < 1.29 is 28.6 Å². The van der Waals surface area contributed by atoms with E-state index in [0.717, 1.165) is 4.90 Å². The summed E-state index contributed by atoms with van der Waals surface area (Å²) < 4.78 is 24.7. The van der Waals surface area contributed by atoms with Gasteiger partial charge in [0.1, 0.15) is 11.9 Å². The van der Waals surface area contributed by atoms with Crippen LogP contribution in [0.3, 0.4) is 0 Å². The number of carbonyl (C=O) groups is 2. The number of hydrogen-bond acceptors (Lipinski definition) is 6. The molecule has 0 saturated carbocycles. The Balaban J connectivity index is 2.19. The minimum absolute atomic E-state index is 0.0162. The van der Waals surface area contributed by atoms with E-state index in [1.807, 2.05) is 4.90 Å². The summed E-state index contributed by atoms with van der Waals surface area (Å²) >= 11 is 0. The normalized spacial score (nSPS) is 15.6. The van der Waals surface area contributed by atoms with Crippen LogP contribution in [0.15, 0.2) is 18.2 Å². The Morgan fingerprint density at radius 1 is 1.44 bits per heavy atom. The molecule has 138 valence electrons. The van der Waals surface area contributed by atoms with Gasteiger partial charge in [-0.05, 0) is 12.1 Å². The van der Waals surface area contributed by atoms with Crippen LogP contribution in [-0.2, 0) is 14.3 Å². The Kier molecular flexibility index (Phi) is 6.54.